The van der Waals surface area contributed by atoms with Gasteiger partial charge in [0.25, 0.3) is 5.91 Å². The number of benzene rings is 2. The fourth-order valence-electron chi connectivity index (χ4n) is 4.30. The summed E-state index contributed by atoms with van der Waals surface area (Å²) in [7, 11) is 1.25. The fraction of sp³-hybridized carbons (Fsp3) is 0.148. The molecule has 0 unspecified atom stereocenters. The van der Waals surface area contributed by atoms with Gasteiger partial charge in [-0.05, 0) is 48.9 Å². The molecule has 2 aromatic carbocycles. The normalized spacial score (nSPS) is 14.6. The summed E-state index contributed by atoms with van der Waals surface area (Å²) in [6, 6.07) is 18.5. The summed E-state index contributed by atoms with van der Waals surface area (Å²) in [4.78, 5) is 38.4. The van der Waals surface area contributed by atoms with E-state index >= 15 is 0 Å². The molecular formula is C27H22BrN3O5. The molecule has 3 heterocycles. The van der Waals surface area contributed by atoms with Gasteiger partial charge < -0.3 is 19.0 Å². The number of rotatable bonds is 6. The van der Waals surface area contributed by atoms with Crippen molar-refractivity contribution in [2.45, 2.75) is 20.0 Å². The Labute approximate surface area is 215 Å². The predicted octanol–water partition coefficient (Wildman–Crippen LogP) is 5.23. The number of fused-ring (bicyclic) bond motifs is 1. The maximum absolute atomic E-state index is 13.1. The molecule has 1 saturated heterocycles. The summed E-state index contributed by atoms with van der Waals surface area (Å²) in [6.07, 6.45) is 1.72. The summed E-state index contributed by atoms with van der Waals surface area (Å²) < 4.78 is 13.3. The third-order valence-electron chi connectivity index (χ3n) is 6.15. The number of esters is 1. The minimum atomic E-state index is -0.631. The van der Waals surface area contributed by atoms with Crippen LogP contribution in [0.2, 0.25) is 0 Å². The van der Waals surface area contributed by atoms with Crippen LogP contribution in [0.1, 0.15) is 33.1 Å². The largest absolute Gasteiger partial charge is 0.463 e. The lowest BCUT2D eigenvalue weighted by molar-refractivity contribution is -0.123. The number of furan rings is 1. The monoisotopic (exact) mass is 547 g/mol. The average Bonchev–Trinajstić information content (AvgIpc) is 3.53. The molecule has 0 saturated carbocycles. The van der Waals surface area contributed by atoms with Crippen molar-refractivity contribution in [3.05, 3.63) is 99.2 Å². The van der Waals surface area contributed by atoms with Crippen LogP contribution in [-0.4, -0.2) is 34.5 Å². The van der Waals surface area contributed by atoms with Crippen molar-refractivity contribution in [3.63, 3.8) is 0 Å². The van der Waals surface area contributed by atoms with Gasteiger partial charge >= 0.3 is 12.0 Å². The number of hydrogen-bond acceptors (Lipinski definition) is 5. The SMILES string of the molecule is COC(=O)c1ccc(CN2C(=O)N/C(=C\c3c(C)n(Cc4ccc(Br)cc4)c4ccccc34)C2=O)o1. The first-order valence-electron chi connectivity index (χ1n) is 11.2. The molecule has 0 radical (unpaired) electrons. The zero-order chi connectivity index (χ0) is 25.4. The second-order valence-corrected chi connectivity index (χ2v) is 9.28. The Balaban J connectivity index is 1.46. The molecule has 3 amide bonds. The molecule has 182 valence electrons. The number of hydrogen-bond donors (Lipinski definition) is 1. The molecule has 1 aliphatic heterocycles. The topological polar surface area (TPSA) is 93.8 Å². The third kappa shape index (κ3) is 4.33. The Hall–Kier alpha value is -4.11. The summed E-state index contributed by atoms with van der Waals surface area (Å²) in [6.45, 7) is 2.56. The van der Waals surface area contributed by atoms with E-state index in [9.17, 15) is 14.4 Å². The highest BCUT2D eigenvalue weighted by Crippen LogP contribution is 2.30. The van der Waals surface area contributed by atoms with Gasteiger partial charge in [0.15, 0.2) is 0 Å². The van der Waals surface area contributed by atoms with Crippen molar-refractivity contribution in [1.82, 2.24) is 14.8 Å². The highest BCUT2D eigenvalue weighted by atomic mass is 79.9. The molecule has 0 atom stereocenters. The van der Waals surface area contributed by atoms with Crippen molar-refractivity contribution in [3.8, 4) is 0 Å². The van der Waals surface area contributed by atoms with E-state index in [0.717, 1.165) is 37.1 Å². The van der Waals surface area contributed by atoms with Crippen molar-refractivity contribution in [1.29, 1.82) is 0 Å². The fourth-order valence-corrected chi connectivity index (χ4v) is 4.57. The van der Waals surface area contributed by atoms with Gasteiger partial charge in [-0.2, -0.15) is 0 Å². The van der Waals surface area contributed by atoms with E-state index in [1.807, 2.05) is 43.3 Å². The molecule has 4 aromatic rings. The van der Waals surface area contributed by atoms with E-state index in [4.69, 9.17) is 4.42 Å². The van der Waals surface area contributed by atoms with Crippen molar-refractivity contribution < 1.29 is 23.5 Å². The summed E-state index contributed by atoms with van der Waals surface area (Å²) >= 11 is 3.47. The van der Waals surface area contributed by atoms with Crippen LogP contribution in [0, 0.1) is 6.92 Å². The number of amides is 3. The van der Waals surface area contributed by atoms with Crippen molar-refractivity contribution >= 4 is 50.8 Å². The minimum absolute atomic E-state index is 0.00419. The zero-order valence-corrected chi connectivity index (χ0v) is 21.2. The molecule has 1 aliphatic rings. The number of aromatic nitrogens is 1. The van der Waals surface area contributed by atoms with Crippen LogP contribution in [0.3, 0.4) is 0 Å². The first kappa shape index (κ1) is 23.6. The molecule has 0 aliphatic carbocycles. The first-order chi connectivity index (χ1) is 17.4. The Morgan fingerprint density at radius 1 is 1.06 bits per heavy atom. The number of halogens is 1. The molecule has 8 nitrogen and oxygen atoms in total. The summed E-state index contributed by atoms with van der Waals surface area (Å²) in [5, 5.41) is 3.65. The molecular weight excluding hydrogens is 526 g/mol. The molecule has 1 N–H and O–H groups in total. The number of carbonyl (C=O) groups is 3. The quantitative estimate of drug-likeness (QED) is 0.202. The van der Waals surface area contributed by atoms with Crippen LogP contribution in [0.25, 0.3) is 17.0 Å². The van der Waals surface area contributed by atoms with Gasteiger partial charge in [0.1, 0.15) is 11.5 Å². The Bertz CT molecular complexity index is 1530. The number of urea groups is 1. The molecule has 36 heavy (non-hydrogen) atoms. The number of ether oxygens (including phenoxy) is 1. The molecule has 9 heteroatoms. The molecule has 0 bridgehead atoms. The minimum Gasteiger partial charge on any atom is -0.463 e. The Morgan fingerprint density at radius 2 is 1.81 bits per heavy atom. The lowest BCUT2D eigenvalue weighted by Gasteiger charge is -2.09. The number of methoxy groups -OCH3 is 1. The summed E-state index contributed by atoms with van der Waals surface area (Å²) in [5.74, 6) is -0.804. The van der Waals surface area contributed by atoms with E-state index < -0.39 is 17.9 Å². The van der Waals surface area contributed by atoms with E-state index in [1.54, 1.807) is 6.08 Å². The number of nitrogens with zero attached hydrogens (tertiary/aromatic N) is 2. The van der Waals surface area contributed by atoms with Crippen LogP contribution < -0.4 is 5.32 Å². The van der Waals surface area contributed by atoms with Crippen LogP contribution in [0.4, 0.5) is 4.79 Å². The van der Waals surface area contributed by atoms with Gasteiger partial charge in [-0.15, -0.1) is 0 Å². The third-order valence-corrected chi connectivity index (χ3v) is 6.68. The van der Waals surface area contributed by atoms with Gasteiger partial charge in [0.2, 0.25) is 5.76 Å². The molecule has 2 aromatic heterocycles. The standard InChI is InChI=1S/C27H22BrN3O5/c1-16-21(20-5-3-4-6-23(20)30(16)14-17-7-9-18(28)10-8-17)13-22-25(32)31(27(34)29-22)15-19-11-12-24(36-19)26(33)35-2/h3-13H,14-15H2,1-2H3,(H,29,34)/b22-13-. The first-order valence-corrected chi connectivity index (χ1v) is 12.0. The van der Waals surface area contributed by atoms with Gasteiger partial charge in [-0.3, -0.25) is 9.69 Å². The van der Waals surface area contributed by atoms with Gasteiger partial charge in [0.05, 0.1) is 13.7 Å². The number of imide groups is 1. The zero-order valence-electron chi connectivity index (χ0n) is 19.6. The smallest absolute Gasteiger partial charge is 0.373 e. The van der Waals surface area contributed by atoms with Gasteiger partial charge in [-0.1, -0.05) is 46.3 Å². The second kappa shape index (κ2) is 9.50. The second-order valence-electron chi connectivity index (χ2n) is 8.37. The van der Waals surface area contributed by atoms with Crippen molar-refractivity contribution in [2.24, 2.45) is 0 Å². The maximum Gasteiger partial charge on any atom is 0.373 e. The molecule has 0 spiro atoms. The van der Waals surface area contributed by atoms with E-state index in [1.165, 1.54) is 19.2 Å². The number of para-hydroxylation sites is 1. The highest BCUT2D eigenvalue weighted by Gasteiger charge is 2.35. The van der Waals surface area contributed by atoms with Gasteiger partial charge in [-0.25, -0.2) is 9.59 Å². The van der Waals surface area contributed by atoms with Crippen molar-refractivity contribution in [2.75, 3.05) is 7.11 Å². The lowest BCUT2D eigenvalue weighted by atomic mass is 10.1. The number of nitrogens with one attached hydrogen (secondary N) is 1. The maximum atomic E-state index is 13.1. The van der Waals surface area contributed by atoms with E-state index in [-0.39, 0.29) is 18.0 Å². The van der Waals surface area contributed by atoms with Crippen LogP contribution >= 0.6 is 15.9 Å². The van der Waals surface area contributed by atoms with E-state index in [0.29, 0.717) is 12.3 Å². The van der Waals surface area contributed by atoms with Crippen LogP contribution in [0.15, 0.2) is 75.3 Å². The lowest BCUT2D eigenvalue weighted by Crippen LogP contribution is -2.30. The van der Waals surface area contributed by atoms with Crippen LogP contribution in [-0.2, 0) is 22.6 Å². The highest BCUT2D eigenvalue weighted by molar-refractivity contribution is 9.10. The average molecular weight is 548 g/mol. The van der Waals surface area contributed by atoms with Crippen LogP contribution in [0.5, 0.6) is 0 Å². The van der Waals surface area contributed by atoms with E-state index in [2.05, 4.69) is 42.7 Å². The molecule has 1 fully saturated rings. The Kier molecular flexibility index (Phi) is 6.24. The van der Waals surface area contributed by atoms with Gasteiger partial charge in [0, 0.05) is 33.2 Å². The predicted molar refractivity (Wildman–Crippen MR) is 137 cm³/mol. The number of carbonyl (C=O) groups excluding carboxylic acids is 3. The summed E-state index contributed by atoms with van der Waals surface area (Å²) in [5.41, 5.74) is 4.18. The Morgan fingerprint density at radius 3 is 2.56 bits per heavy atom. The molecule has 5 rings (SSSR count).